The molecule has 0 radical (unpaired) electrons. The van der Waals surface area contributed by atoms with Crippen LogP contribution in [0.15, 0.2) is 83.9 Å². The van der Waals surface area contributed by atoms with Crippen molar-refractivity contribution in [3.8, 4) is 11.5 Å². The Hall–Kier alpha value is -3.53. The predicted octanol–water partition coefficient (Wildman–Crippen LogP) is 7.06. The lowest BCUT2D eigenvalue weighted by molar-refractivity contribution is 0.288. The molecule has 3 aromatic carbocycles. The molecule has 5 rings (SSSR count). The van der Waals surface area contributed by atoms with Crippen LogP contribution < -0.4 is 14.8 Å². The van der Waals surface area contributed by atoms with Crippen LogP contribution >= 0.6 is 0 Å². The molecule has 2 aliphatic rings. The Morgan fingerprint density at radius 1 is 0.939 bits per heavy atom. The van der Waals surface area contributed by atoms with Crippen LogP contribution in [0.25, 0.3) is 0 Å². The van der Waals surface area contributed by atoms with Crippen LogP contribution in [0.1, 0.15) is 48.9 Å². The van der Waals surface area contributed by atoms with E-state index < -0.39 is 0 Å². The topological polar surface area (TPSA) is 42.8 Å². The van der Waals surface area contributed by atoms with Gasteiger partial charge >= 0.3 is 0 Å². The second kappa shape index (κ2) is 9.53. The molecule has 0 fully saturated rings. The van der Waals surface area contributed by atoms with Crippen molar-refractivity contribution >= 4 is 17.6 Å². The Kier molecular flexibility index (Phi) is 6.16. The van der Waals surface area contributed by atoms with Gasteiger partial charge in [0.1, 0.15) is 0 Å². The maximum atomic E-state index is 5.73. The molecule has 168 valence electrons. The molecule has 0 unspecified atom stereocenters. The number of hydrogen-bond acceptors (Lipinski definition) is 4. The van der Waals surface area contributed by atoms with Crippen molar-refractivity contribution in [3.05, 3.63) is 95.6 Å². The Morgan fingerprint density at radius 2 is 1.73 bits per heavy atom. The number of nitrogens with zero attached hydrogens (tertiary/aromatic N) is 1. The maximum absolute atomic E-state index is 5.73. The molecule has 4 nitrogen and oxygen atoms in total. The first-order valence-corrected chi connectivity index (χ1v) is 11.8. The van der Waals surface area contributed by atoms with E-state index in [-0.39, 0.29) is 0 Å². The number of rotatable bonds is 7. The number of aliphatic imine (C=N–C) groups is 1. The van der Waals surface area contributed by atoms with Crippen molar-refractivity contribution in [2.75, 3.05) is 18.5 Å². The number of ether oxygens (including phenoxy) is 2. The predicted molar refractivity (Wildman–Crippen MR) is 135 cm³/mol. The molecular weight excluding hydrogens is 408 g/mol. The summed E-state index contributed by atoms with van der Waals surface area (Å²) < 4.78 is 11.4. The van der Waals surface area contributed by atoms with Gasteiger partial charge in [0, 0.05) is 17.8 Å². The zero-order valence-corrected chi connectivity index (χ0v) is 19.2. The molecule has 1 aliphatic heterocycles. The molecule has 0 bridgehead atoms. The van der Waals surface area contributed by atoms with Crippen molar-refractivity contribution in [2.24, 2.45) is 10.9 Å². The summed E-state index contributed by atoms with van der Waals surface area (Å²) in [5.41, 5.74) is 5.88. The van der Waals surface area contributed by atoms with E-state index >= 15 is 0 Å². The number of nitrogens with one attached hydrogen (secondary N) is 1. The van der Waals surface area contributed by atoms with Gasteiger partial charge in [-0.2, -0.15) is 0 Å². The first kappa shape index (κ1) is 21.3. The van der Waals surface area contributed by atoms with Gasteiger partial charge in [0.15, 0.2) is 11.5 Å². The van der Waals surface area contributed by atoms with Gasteiger partial charge in [-0.25, -0.2) is 0 Å². The van der Waals surface area contributed by atoms with Crippen LogP contribution in [0.4, 0.5) is 11.4 Å². The van der Waals surface area contributed by atoms with E-state index in [0.29, 0.717) is 31.1 Å². The van der Waals surface area contributed by atoms with Gasteiger partial charge in [-0.15, -0.1) is 0 Å². The molecule has 0 spiro atoms. The van der Waals surface area contributed by atoms with Crippen LogP contribution in [0.5, 0.6) is 11.5 Å². The summed E-state index contributed by atoms with van der Waals surface area (Å²) in [7, 11) is 0. The Balaban J connectivity index is 1.33. The molecule has 1 N–H and O–H groups in total. The third kappa shape index (κ3) is 4.38. The average molecular weight is 439 g/mol. The van der Waals surface area contributed by atoms with E-state index in [1.807, 2.05) is 38.3 Å². The minimum atomic E-state index is 0.304. The molecule has 0 amide bonds. The SMILES string of the molecule is CCOc1ccc(C=Nc2ccc([C@@H]3Nc4ccccc4[C@H]4C=CC[C@H]43)cc2)cc1OCC. The molecule has 1 heterocycles. The Bertz CT molecular complexity index is 1170. The van der Waals surface area contributed by atoms with Crippen LogP contribution in [-0.4, -0.2) is 19.4 Å². The van der Waals surface area contributed by atoms with E-state index in [1.165, 1.54) is 16.8 Å². The van der Waals surface area contributed by atoms with Crippen LogP contribution in [0.3, 0.4) is 0 Å². The third-order valence-corrected chi connectivity index (χ3v) is 6.45. The van der Waals surface area contributed by atoms with E-state index in [4.69, 9.17) is 9.47 Å². The van der Waals surface area contributed by atoms with Gasteiger partial charge in [-0.05, 0) is 79.3 Å². The molecular formula is C29H30N2O2. The van der Waals surface area contributed by atoms with Gasteiger partial charge in [0.25, 0.3) is 0 Å². The highest BCUT2D eigenvalue weighted by atomic mass is 16.5. The largest absolute Gasteiger partial charge is 0.490 e. The molecule has 3 atom stereocenters. The molecule has 3 aromatic rings. The summed E-state index contributed by atoms with van der Waals surface area (Å²) in [6, 6.07) is 23.5. The molecule has 0 saturated heterocycles. The fourth-order valence-electron chi connectivity index (χ4n) is 4.94. The number of hydrogen-bond donors (Lipinski definition) is 1. The minimum Gasteiger partial charge on any atom is -0.490 e. The number of benzene rings is 3. The fraction of sp³-hybridized carbons (Fsp3) is 0.276. The standard InChI is InChI=1S/C29H30N2O2/c1-3-32-27-17-12-20(18-28(27)33-4-2)19-30-22-15-13-21(14-16-22)29-25-10-7-9-23(25)24-8-5-6-11-26(24)31-29/h5-9,11-19,23,25,29,31H,3-4,10H2,1-2H3/t23-,25-,29+/m1/s1. The summed E-state index contributed by atoms with van der Waals surface area (Å²) in [6.45, 7) is 5.15. The van der Waals surface area contributed by atoms with Crippen LogP contribution in [-0.2, 0) is 0 Å². The van der Waals surface area contributed by atoms with Gasteiger partial charge in [0.2, 0.25) is 0 Å². The molecule has 0 aromatic heterocycles. The Labute approximate surface area is 196 Å². The zero-order chi connectivity index (χ0) is 22.6. The first-order valence-electron chi connectivity index (χ1n) is 11.8. The van der Waals surface area contributed by atoms with Crippen LogP contribution in [0.2, 0.25) is 0 Å². The first-order chi connectivity index (χ1) is 16.3. The highest BCUT2D eigenvalue weighted by Crippen LogP contribution is 2.49. The summed E-state index contributed by atoms with van der Waals surface area (Å²) in [4.78, 5) is 4.69. The van der Waals surface area contributed by atoms with E-state index in [2.05, 4.69) is 71.0 Å². The molecule has 4 heteroatoms. The van der Waals surface area contributed by atoms with Crippen molar-refractivity contribution in [1.29, 1.82) is 0 Å². The zero-order valence-electron chi connectivity index (χ0n) is 19.2. The smallest absolute Gasteiger partial charge is 0.161 e. The third-order valence-electron chi connectivity index (χ3n) is 6.45. The summed E-state index contributed by atoms with van der Waals surface area (Å²) in [6.07, 6.45) is 7.69. The second-order valence-corrected chi connectivity index (χ2v) is 8.48. The summed E-state index contributed by atoms with van der Waals surface area (Å²) in [5.74, 6) is 2.56. The van der Waals surface area contributed by atoms with Crippen molar-refractivity contribution < 1.29 is 9.47 Å². The monoisotopic (exact) mass is 438 g/mol. The highest BCUT2D eigenvalue weighted by Gasteiger charge is 2.37. The lowest BCUT2D eigenvalue weighted by atomic mass is 9.77. The van der Waals surface area contributed by atoms with Crippen molar-refractivity contribution in [2.45, 2.75) is 32.2 Å². The van der Waals surface area contributed by atoms with Gasteiger partial charge in [-0.1, -0.05) is 42.5 Å². The molecule has 33 heavy (non-hydrogen) atoms. The quantitative estimate of drug-likeness (QED) is 0.317. The number of para-hydroxylation sites is 1. The van der Waals surface area contributed by atoms with Gasteiger partial charge in [0.05, 0.1) is 24.9 Å². The summed E-state index contributed by atoms with van der Waals surface area (Å²) in [5, 5.41) is 3.79. The normalized spacial score (nSPS) is 20.8. The summed E-state index contributed by atoms with van der Waals surface area (Å²) >= 11 is 0. The van der Waals surface area contributed by atoms with E-state index in [9.17, 15) is 0 Å². The molecule has 1 aliphatic carbocycles. The van der Waals surface area contributed by atoms with Gasteiger partial charge in [-0.3, -0.25) is 4.99 Å². The van der Waals surface area contributed by atoms with E-state index in [1.54, 1.807) is 0 Å². The number of fused-ring (bicyclic) bond motifs is 3. The minimum absolute atomic E-state index is 0.304. The fourth-order valence-corrected chi connectivity index (χ4v) is 4.94. The Morgan fingerprint density at radius 3 is 2.55 bits per heavy atom. The highest BCUT2D eigenvalue weighted by molar-refractivity contribution is 5.83. The number of anilines is 1. The second-order valence-electron chi connectivity index (χ2n) is 8.48. The number of allylic oxidation sites excluding steroid dienone is 2. The maximum Gasteiger partial charge on any atom is 0.161 e. The van der Waals surface area contributed by atoms with Crippen LogP contribution in [0, 0.1) is 5.92 Å². The van der Waals surface area contributed by atoms with Gasteiger partial charge < -0.3 is 14.8 Å². The average Bonchev–Trinajstić information content (AvgIpc) is 3.35. The van der Waals surface area contributed by atoms with E-state index in [0.717, 1.165) is 29.2 Å². The van der Waals surface area contributed by atoms with Crippen molar-refractivity contribution in [3.63, 3.8) is 0 Å². The lowest BCUT2D eigenvalue weighted by Crippen LogP contribution is -2.28. The lowest BCUT2D eigenvalue weighted by Gasteiger charge is -2.37. The molecule has 0 saturated carbocycles. The van der Waals surface area contributed by atoms with Crippen molar-refractivity contribution in [1.82, 2.24) is 0 Å².